The first-order valence-corrected chi connectivity index (χ1v) is 8.30. The molecule has 2 amide bonds. The topological polar surface area (TPSA) is 67.2 Å². The quantitative estimate of drug-likeness (QED) is 0.578. The van der Waals surface area contributed by atoms with E-state index < -0.39 is 6.03 Å². The standard InChI is InChI=1S/C19H13Cl2N3O2/c1-3-12-6-4-7-13(10-12)22-19(25)23-17-11(2)26-24-18(17)16-14(20)8-5-9-15(16)21/h1,4-10H,2H3,(H2,22,23,25). The van der Waals surface area contributed by atoms with Crippen LogP contribution >= 0.6 is 23.2 Å². The second-order valence-electron chi connectivity index (χ2n) is 5.36. The van der Waals surface area contributed by atoms with Crippen LogP contribution in [-0.4, -0.2) is 11.2 Å². The summed E-state index contributed by atoms with van der Waals surface area (Å²) in [5.74, 6) is 2.93. The number of anilines is 2. The van der Waals surface area contributed by atoms with Crippen LogP contribution in [-0.2, 0) is 0 Å². The molecule has 130 valence electrons. The van der Waals surface area contributed by atoms with Gasteiger partial charge in [0.25, 0.3) is 0 Å². The summed E-state index contributed by atoms with van der Waals surface area (Å²) in [7, 11) is 0. The minimum absolute atomic E-state index is 0.352. The molecule has 3 aromatic rings. The molecular formula is C19H13Cl2N3O2. The Kier molecular flexibility index (Phi) is 5.17. The van der Waals surface area contributed by atoms with Crippen LogP contribution in [0.1, 0.15) is 11.3 Å². The van der Waals surface area contributed by atoms with Crippen molar-refractivity contribution in [3.05, 3.63) is 63.8 Å². The molecule has 3 rings (SSSR count). The number of carbonyl (C=O) groups is 1. The minimum atomic E-state index is -0.477. The van der Waals surface area contributed by atoms with Crippen molar-refractivity contribution in [2.24, 2.45) is 0 Å². The van der Waals surface area contributed by atoms with Gasteiger partial charge in [-0.1, -0.05) is 46.4 Å². The third-order valence-corrected chi connectivity index (χ3v) is 4.22. The number of urea groups is 1. The average molecular weight is 386 g/mol. The van der Waals surface area contributed by atoms with Gasteiger partial charge in [-0.15, -0.1) is 6.42 Å². The van der Waals surface area contributed by atoms with Gasteiger partial charge >= 0.3 is 6.03 Å². The first kappa shape index (κ1) is 17.9. The van der Waals surface area contributed by atoms with Crippen LogP contribution in [0.15, 0.2) is 47.0 Å². The molecule has 0 aliphatic carbocycles. The highest BCUT2D eigenvalue weighted by molar-refractivity contribution is 6.39. The predicted molar refractivity (Wildman–Crippen MR) is 104 cm³/mol. The molecule has 1 heterocycles. The van der Waals surface area contributed by atoms with E-state index in [1.54, 1.807) is 49.4 Å². The van der Waals surface area contributed by atoms with Crippen LogP contribution in [0, 0.1) is 19.3 Å². The lowest BCUT2D eigenvalue weighted by Gasteiger charge is -2.10. The first-order chi connectivity index (χ1) is 12.5. The van der Waals surface area contributed by atoms with Crippen molar-refractivity contribution in [3.63, 3.8) is 0 Å². The number of rotatable bonds is 3. The molecular weight excluding hydrogens is 373 g/mol. The van der Waals surface area contributed by atoms with Gasteiger partial charge in [0.05, 0.1) is 10.0 Å². The summed E-state index contributed by atoms with van der Waals surface area (Å²) >= 11 is 12.5. The maximum atomic E-state index is 12.4. The smallest absolute Gasteiger partial charge is 0.323 e. The van der Waals surface area contributed by atoms with Crippen molar-refractivity contribution < 1.29 is 9.32 Å². The number of aromatic nitrogens is 1. The Morgan fingerprint density at radius 3 is 2.54 bits per heavy atom. The van der Waals surface area contributed by atoms with Gasteiger partial charge in [0.1, 0.15) is 11.4 Å². The SMILES string of the molecule is C#Cc1cccc(NC(=O)Nc2c(-c3c(Cl)cccc3Cl)noc2C)c1. The maximum absolute atomic E-state index is 12.4. The molecule has 0 saturated carbocycles. The van der Waals surface area contributed by atoms with Crippen LogP contribution in [0.5, 0.6) is 0 Å². The van der Waals surface area contributed by atoms with E-state index in [0.717, 1.165) is 0 Å². The number of halogens is 2. The number of terminal acetylenes is 1. The Morgan fingerprint density at radius 1 is 1.15 bits per heavy atom. The summed E-state index contributed by atoms with van der Waals surface area (Å²) < 4.78 is 5.21. The van der Waals surface area contributed by atoms with Crippen LogP contribution < -0.4 is 10.6 Å². The van der Waals surface area contributed by atoms with E-state index in [9.17, 15) is 4.79 Å². The fourth-order valence-corrected chi connectivity index (χ4v) is 2.95. The number of hydrogen-bond acceptors (Lipinski definition) is 3. The Bertz CT molecular complexity index is 1000. The molecule has 2 N–H and O–H groups in total. The van der Waals surface area contributed by atoms with Gasteiger partial charge in [-0.25, -0.2) is 4.79 Å². The zero-order valence-corrected chi connectivity index (χ0v) is 15.2. The van der Waals surface area contributed by atoms with Gasteiger partial charge in [-0.2, -0.15) is 0 Å². The molecule has 0 spiro atoms. The van der Waals surface area contributed by atoms with Crippen molar-refractivity contribution in [2.45, 2.75) is 6.92 Å². The van der Waals surface area contributed by atoms with E-state index in [4.69, 9.17) is 34.1 Å². The minimum Gasteiger partial charge on any atom is -0.359 e. The highest BCUT2D eigenvalue weighted by Gasteiger charge is 2.21. The highest BCUT2D eigenvalue weighted by Crippen LogP contribution is 2.39. The fourth-order valence-electron chi connectivity index (χ4n) is 2.38. The zero-order valence-electron chi connectivity index (χ0n) is 13.6. The molecule has 0 unspecified atom stereocenters. The molecule has 0 bridgehead atoms. The summed E-state index contributed by atoms with van der Waals surface area (Å²) in [6.45, 7) is 1.68. The number of carbonyl (C=O) groups excluding carboxylic acids is 1. The van der Waals surface area contributed by atoms with E-state index in [2.05, 4.69) is 21.7 Å². The molecule has 0 atom stereocenters. The van der Waals surface area contributed by atoms with E-state index in [1.807, 2.05) is 0 Å². The molecule has 0 fully saturated rings. The molecule has 26 heavy (non-hydrogen) atoms. The summed E-state index contributed by atoms with van der Waals surface area (Å²) in [4.78, 5) is 12.4. The normalized spacial score (nSPS) is 10.2. The van der Waals surface area contributed by atoms with Crippen molar-refractivity contribution in [3.8, 4) is 23.6 Å². The molecule has 0 radical (unpaired) electrons. The number of amides is 2. The highest BCUT2D eigenvalue weighted by atomic mass is 35.5. The molecule has 7 heteroatoms. The Hall–Kier alpha value is -2.94. The molecule has 5 nitrogen and oxygen atoms in total. The molecule has 1 aromatic heterocycles. The van der Waals surface area contributed by atoms with E-state index in [0.29, 0.717) is 44.0 Å². The van der Waals surface area contributed by atoms with Crippen molar-refractivity contribution >= 4 is 40.6 Å². The summed E-state index contributed by atoms with van der Waals surface area (Å²) in [6.07, 6.45) is 5.37. The van der Waals surface area contributed by atoms with Gasteiger partial charge < -0.3 is 15.2 Å². The van der Waals surface area contributed by atoms with E-state index in [-0.39, 0.29) is 0 Å². The van der Waals surface area contributed by atoms with Gasteiger partial charge in [-0.05, 0) is 37.3 Å². The number of nitrogens with zero attached hydrogens (tertiary/aromatic N) is 1. The van der Waals surface area contributed by atoms with Crippen molar-refractivity contribution in [1.29, 1.82) is 0 Å². The third kappa shape index (κ3) is 3.67. The van der Waals surface area contributed by atoms with E-state index in [1.165, 1.54) is 0 Å². The van der Waals surface area contributed by atoms with Crippen molar-refractivity contribution in [2.75, 3.05) is 10.6 Å². The number of hydrogen-bond donors (Lipinski definition) is 2. The largest absolute Gasteiger partial charge is 0.359 e. The number of aryl methyl sites for hydroxylation is 1. The first-order valence-electron chi connectivity index (χ1n) is 7.55. The van der Waals surface area contributed by atoms with Crippen LogP contribution in [0.2, 0.25) is 10.0 Å². The Labute approximate surface area is 160 Å². The summed E-state index contributed by atoms with van der Waals surface area (Å²) in [5.41, 5.74) is 2.44. The molecule has 0 aliphatic rings. The molecule has 0 saturated heterocycles. The van der Waals surface area contributed by atoms with Gasteiger partial charge in [-0.3, -0.25) is 0 Å². The molecule has 0 aliphatic heterocycles. The Morgan fingerprint density at radius 2 is 1.85 bits per heavy atom. The fraction of sp³-hybridized carbons (Fsp3) is 0.0526. The van der Waals surface area contributed by atoms with E-state index >= 15 is 0 Å². The maximum Gasteiger partial charge on any atom is 0.323 e. The molecule has 2 aromatic carbocycles. The lowest BCUT2D eigenvalue weighted by atomic mass is 10.1. The number of benzene rings is 2. The second kappa shape index (κ2) is 7.52. The van der Waals surface area contributed by atoms with Gasteiger partial charge in [0.2, 0.25) is 0 Å². The lowest BCUT2D eigenvalue weighted by Crippen LogP contribution is -2.20. The summed E-state index contributed by atoms with van der Waals surface area (Å²) in [5, 5.41) is 10.2. The average Bonchev–Trinajstić information content (AvgIpc) is 2.95. The van der Waals surface area contributed by atoms with Gasteiger partial charge in [0, 0.05) is 16.8 Å². The third-order valence-electron chi connectivity index (χ3n) is 3.59. The predicted octanol–water partition coefficient (Wildman–Crippen LogP) is 5.58. The van der Waals surface area contributed by atoms with Gasteiger partial charge in [0.15, 0.2) is 5.76 Å². The number of nitrogens with one attached hydrogen (secondary N) is 2. The summed E-state index contributed by atoms with van der Waals surface area (Å²) in [6, 6.07) is 11.5. The second-order valence-corrected chi connectivity index (χ2v) is 6.18. The van der Waals surface area contributed by atoms with Crippen LogP contribution in [0.4, 0.5) is 16.2 Å². The van der Waals surface area contributed by atoms with Crippen LogP contribution in [0.25, 0.3) is 11.3 Å². The monoisotopic (exact) mass is 385 g/mol. The Balaban J connectivity index is 1.88. The lowest BCUT2D eigenvalue weighted by molar-refractivity contribution is 0.262. The van der Waals surface area contributed by atoms with Crippen LogP contribution in [0.3, 0.4) is 0 Å². The zero-order chi connectivity index (χ0) is 18.7. The van der Waals surface area contributed by atoms with Crippen molar-refractivity contribution in [1.82, 2.24) is 5.16 Å².